The fourth-order valence-corrected chi connectivity index (χ4v) is 2.12. The minimum Gasteiger partial charge on any atom is -0.504 e. The predicted molar refractivity (Wildman–Crippen MR) is 63.0 cm³/mol. The summed E-state index contributed by atoms with van der Waals surface area (Å²) in [5.41, 5.74) is 0.602. The zero-order valence-electron chi connectivity index (χ0n) is 9.03. The van der Waals surface area contributed by atoms with Gasteiger partial charge in [0.05, 0.1) is 13.0 Å². The van der Waals surface area contributed by atoms with Crippen LogP contribution in [-0.2, 0) is 4.79 Å². The number of methoxy groups -OCH3 is 1. The summed E-state index contributed by atoms with van der Waals surface area (Å²) in [7, 11) is 1.43. The van der Waals surface area contributed by atoms with Gasteiger partial charge in [-0.3, -0.25) is 4.79 Å². The maximum Gasteiger partial charge on any atom is 0.311 e. The molecule has 0 amide bonds. The molecule has 0 heterocycles. The van der Waals surface area contributed by atoms with E-state index >= 15 is 0 Å². The molecule has 0 aliphatic rings. The smallest absolute Gasteiger partial charge is 0.311 e. The van der Waals surface area contributed by atoms with Gasteiger partial charge in [-0.15, -0.1) is 0 Å². The molecule has 0 spiro atoms. The zero-order chi connectivity index (χ0) is 12.3. The average Bonchev–Trinajstić information content (AvgIpc) is 2.21. The predicted octanol–water partition coefficient (Wildman–Crippen LogP) is 2.74. The third kappa shape index (κ3) is 2.47. The minimum absolute atomic E-state index is 0.0154. The number of carboxylic acid groups (broad SMARTS) is 1. The zero-order valence-corrected chi connectivity index (χ0v) is 10.6. The minimum atomic E-state index is -0.893. The van der Waals surface area contributed by atoms with Gasteiger partial charge in [0.15, 0.2) is 11.5 Å². The van der Waals surface area contributed by atoms with Crippen LogP contribution in [0.25, 0.3) is 0 Å². The standard InChI is InChI=1S/C11H13BrO4/c1-3-6(11(14)15)7-4-10(16-2)9(13)5-8(7)12/h4-6,13H,3H2,1-2H3,(H,14,15). The van der Waals surface area contributed by atoms with E-state index in [4.69, 9.17) is 9.84 Å². The molecule has 0 saturated heterocycles. The molecule has 0 saturated carbocycles. The van der Waals surface area contributed by atoms with Crippen LogP contribution in [0, 0.1) is 0 Å². The Hall–Kier alpha value is -1.23. The molecule has 5 heteroatoms. The van der Waals surface area contributed by atoms with Crippen LogP contribution in [0.4, 0.5) is 0 Å². The van der Waals surface area contributed by atoms with E-state index in [1.165, 1.54) is 13.2 Å². The SMILES string of the molecule is CCC(C(=O)O)c1cc(OC)c(O)cc1Br. The van der Waals surface area contributed by atoms with Crippen LogP contribution in [0.2, 0.25) is 0 Å². The molecule has 1 atom stereocenters. The summed E-state index contributed by atoms with van der Waals surface area (Å²) in [5.74, 6) is -1.24. The largest absolute Gasteiger partial charge is 0.504 e. The lowest BCUT2D eigenvalue weighted by Gasteiger charge is -2.14. The Bertz CT molecular complexity index is 403. The highest BCUT2D eigenvalue weighted by molar-refractivity contribution is 9.10. The second-order valence-electron chi connectivity index (χ2n) is 3.34. The van der Waals surface area contributed by atoms with Gasteiger partial charge in [-0.05, 0) is 24.1 Å². The number of rotatable bonds is 4. The Balaban J connectivity index is 3.26. The second kappa shape index (κ2) is 5.21. The summed E-state index contributed by atoms with van der Waals surface area (Å²) >= 11 is 3.24. The van der Waals surface area contributed by atoms with E-state index in [0.717, 1.165) is 0 Å². The number of phenolic OH excluding ortho intramolecular Hbond substituents is 1. The summed E-state index contributed by atoms with van der Waals surface area (Å²) in [5, 5.41) is 18.6. The summed E-state index contributed by atoms with van der Waals surface area (Å²) in [6.07, 6.45) is 0.474. The number of ether oxygens (including phenoxy) is 1. The third-order valence-electron chi connectivity index (χ3n) is 2.38. The molecule has 0 radical (unpaired) electrons. The van der Waals surface area contributed by atoms with Crippen molar-refractivity contribution in [1.29, 1.82) is 0 Å². The highest BCUT2D eigenvalue weighted by Gasteiger charge is 2.22. The molecule has 4 nitrogen and oxygen atoms in total. The monoisotopic (exact) mass is 288 g/mol. The van der Waals surface area contributed by atoms with E-state index in [9.17, 15) is 9.90 Å². The third-order valence-corrected chi connectivity index (χ3v) is 3.07. The first kappa shape index (κ1) is 12.8. The first-order valence-electron chi connectivity index (χ1n) is 4.80. The molecule has 0 bridgehead atoms. The van der Waals surface area contributed by atoms with Crippen molar-refractivity contribution in [3.63, 3.8) is 0 Å². The average molecular weight is 289 g/mol. The van der Waals surface area contributed by atoms with E-state index < -0.39 is 11.9 Å². The molecule has 16 heavy (non-hydrogen) atoms. The van der Waals surface area contributed by atoms with E-state index in [1.807, 2.05) is 0 Å². The summed E-state index contributed by atoms with van der Waals surface area (Å²) in [6, 6.07) is 2.99. The normalized spacial score (nSPS) is 12.2. The van der Waals surface area contributed by atoms with Gasteiger partial charge in [0.25, 0.3) is 0 Å². The molecule has 0 aliphatic heterocycles. The van der Waals surface area contributed by atoms with Crippen molar-refractivity contribution in [2.75, 3.05) is 7.11 Å². The maximum absolute atomic E-state index is 11.0. The van der Waals surface area contributed by atoms with Crippen molar-refractivity contribution in [2.24, 2.45) is 0 Å². The van der Waals surface area contributed by atoms with Gasteiger partial charge < -0.3 is 14.9 Å². The van der Waals surface area contributed by atoms with E-state index in [-0.39, 0.29) is 11.5 Å². The van der Waals surface area contributed by atoms with Crippen molar-refractivity contribution in [3.05, 3.63) is 22.2 Å². The van der Waals surface area contributed by atoms with Crippen LogP contribution < -0.4 is 4.74 Å². The molecule has 88 valence electrons. The van der Waals surface area contributed by atoms with Crippen LogP contribution >= 0.6 is 15.9 Å². The lowest BCUT2D eigenvalue weighted by Crippen LogP contribution is -2.11. The number of hydrogen-bond donors (Lipinski definition) is 2. The van der Waals surface area contributed by atoms with Crippen molar-refractivity contribution in [3.8, 4) is 11.5 Å². The van der Waals surface area contributed by atoms with Crippen LogP contribution in [0.1, 0.15) is 24.8 Å². The molecular formula is C11H13BrO4. The molecule has 1 aromatic rings. The first-order chi connectivity index (χ1) is 7.51. The number of benzene rings is 1. The number of aliphatic carboxylic acids is 1. The number of aromatic hydroxyl groups is 1. The van der Waals surface area contributed by atoms with Crippen LogP contribution in [0.3, 0.4) is 0 Å². The van der Waals surface area contributed by atoms with Gasteiger partial charge >= 0.3 is 5.97 Å². The highest BCUT2D eigenvalue weighted by Crippen LogP contribution is 2.37. The molecule has 1 aromatic carbocycles. The Morgan fingerprint density at radius 1 is 1.56 bits per heavy atom. The summed E-state index contributed by atoms with van der Waals surface area (Å²) in [4.78, 5) is 11.0. The number of carboxylic acids is 1. The van der Waals surface area contributed by atoms with Gasteiger partial charge in [-0.25, -0.2) is 0 Å². The van der Waals surface area contributed by atoms with Crippen LogP contribution in [-0.4, -0.2) is 23.3 Å². The van der Waals surface area contributed by atoms with Crippen molar-refractivity contribution in [1.82, 2.24) is 0 Å². The number of hydrogen-bond acceptors (Lipinski definition) is 3. The molecule has 1 rings (SSSR count). The highest BCUT2D eigenvalue weighted by atomic mass is 79.9. The molecule has 0 aliphatic carbocycles. The van der Waals surface area contributed by atoms with Crippen molar-refractivity contribution >= 4 is 21.9 Å². The Labute approximate surface area is 102 Å². The summed E-state index contributed by atoms with van der Waals surface area (Å²) in [6.45, 7) is 1.80. The van der Waals surface area contributed by atoms with E-state index in [0.29, 0.717) is 16.5 Å². The van der Waals surface area contributed by atoms with E-state index in [2.05, 4.69) is 15.9 Å². The van der Waals surface area contributed by atoms with E-state index in [1.54, 1.807) is 13.0 Å². The van der Waals surface area contributed by atoms with Gasteiger partial charge in [-0.2, -0.15) is 0 Å². The van der Waals surface area contributed by atoms with Crippen LogP contribution in [0.15, 0.2) is 16.6 Å². The number of carbonyl (C=O) groups is 1. The van der Waals surface area contributed by atoms with Gasteiger partial charge in [-0.1, -0.05) is 22.9 Å². The van der Waals surface area contributed by atoms with Gasteiger partial charge in [0.2, 0.25) is 0 Å². The lowest BCUT2D eigenvalue weighted by atomic mass is 9.96. The van der Waals surface area contributed by atoms with Crippen LogP contribution in [0.5, 0.6) is 11.5 Å². The van der Waals surface area contributed by atoms with Gasteiger partial charge in [0.1, 0.15) is 0 Å². The fourth-order valence-electron chi connectivity index (χ4n) is 1.52. The molecule has 2 N–H and O–H groups in total. The molecular weight excluding hydrogens is 276 g/mol. The van der Waals surface area contributed by atoms with Gasteiger partial charge in [0, 0.05) is 4.47 Å². The number of halogens is 1. The molecule has 1 unspecified atom stereocenters. The van der Waals surface area contributed by atoms with Crippen molar-refractivity contribution in [2.45, 2.75) is 19.3 Å². The van der Waals surface area contributed by atoms with Crippen molar-refractivity contribution < 1.29 is 19.7 Å². The molecule has 0 aromatic heterocycles. The first-order valence-corrected chi connectivity index (χ1v) is 5.59. The molecule has 0 fully saturated rings. The Kier molecular flexibility index (Phi) is 4.18. The Morgan fingerprint density at radius 3 is 2.62 bits per heavy atom. The summed E-state index contributed by atoms with van der Waals surface area (Å²) < 4.78 is 5.52. The fraction of sp³-hybridized carbons (Fsp3) is 0.364. The quantitative estimate of drug-likeness (QED) is 0.894. The number of phenols is 1. The maximum atomic E-state index is 11.0. The Morgan fingerprint density at radius 2 is 2.19 bits per heavy atom. The second-order valence-corrected chi connectivity index (χ2v) is 4.20. The lowest BCUT2D eigenvalue weighted by molar-refractivity contribution is -0.138. The topological polar surface area (TPSA) is 66.8 Å².